The average molecular weight is 174 g/mol. The van der Waals surface area contributed by atoms with E-state index in [1.807, 2.05) is 0 Å². The maximum atomic E-state index is 5.68. The second-order valence-corrected chi connectivity index (χ2v) is 3.55. The van der Waals surface area contributed by atoms with Crippen LogP contribution in [0.15, 0.2) is 0 Å². The van der Waals surface area contributed by atoms with Gasteiger partial charge in [0.25, 0.3) is 0 Å². The molecule has 2 fully saturated rings. The molecule has 2 aliphatic rings. The number of hydrogen-bond donors (Lipinski definition) is 0. The Kier molecular flexibility index (Phi) is 3.98. The lowest BCUT2D eigenvalue weighted by Crippen LogP contribution is -2.18. The van der Waals surface area contributed by atoms with Crippen molar-refractivity contribution in [3.05, 3.63) is 0 Å². The average Bonchev–Trinajstić information content (AvgIpc) is 2.86. The number of epoxide rings is 1. The maximum absolute atomic E-state index is 5.68. The van der Waals surface area contributed by atoms with Crippen LogP contribution in [-0.4, -0.2) is 30.9 Å². The smallest absolute Gasteiger partial charge is 0.104 e. The zero-order chi connectivity index (χ0) is 7.52. The minimum absolute atomic E-state index is 0. The molecule has 2 N–H and O–H groups in total. The molecule has 3 nitrogen and oxygen atoms in total. The van der Waals surface area contributed by atoms with Crippen LogP contribution in [-0.2, 0) is 9.47 Å². The molecule has 1 atom stereocenters. The summed E-state index contributed by atoms with van der Waals surface area (Å²) in [6.45, 7) is 1.76. The van der Waals surface area contributed by atoms with Crippen molar-refractivity contribution in [2.75, 3.05) is 13.2 Å². The molecule has 1 unspecified atom stereocenters. The molecule has 1 aliphatic carbocycles. The molecule has 1 aliphatic heterocycles. The Bertz CT molecular complexity index is 117. The van der Waals surface area contributed by atoms with Crippen LogP contribution in [0.1, 0.15) is 32.1 Å². The van der Waals surface area contributed by atoms with Crippen LogP contribution in [0.25, 0.3) is 0 Å². The van der Waals surface area contributed by atoms with E-state index in [2.05, 4.69) is 0 Å². The second kappa shape index (κ2) is 4.80. The Balaban J connectivity index is 0.000000720. The van der Waals surface area contributed by atoms with Gasteiger partial charge >= 0.3 is 0 Å². The summed E-state index contributed by atoms with van der Waals surface area (Å²) in [4.78, 5) is 0. The Morgan fingerprint density at radius 1 is 1.17 bits per heavy atom. The second-order valence-electron chi connectivity index (χ2n) is 3.55. The third-order valence-corrected chi connectivity index (χ3v) is 2.47. The minimum atomic E-state index is 0. The lowest BCUT2D eigenvalue weighted by molar-refractivity contribution is 0.0199. The fraction of sp³-hybridized carbons (Fsp3) is 1.00. The van der Waals surface area contributed by atoms with E-state index in [9.17, 15) is 0 Å². The van der Waals surface area contributed by atoms with Crippen LogP contribution in [0.3, 0.4) is 0 Å². The van der Waals surface area contributed by atoms with Crippen molar-refractivity contribution in [1.29, 1.82) is 0 Å². The summed E-state index contributed by atoms with van der Waals surface area (Å²) < 4.78 is 10.8. The molecule has 0 aromatic heterocycles. The Morgan fingerprint density at radius 3 is 2.42 bits per heavy atom. The molecule has 1 saturated carbocycles. The summed E-state index contributed by atoms with van der Waals surface area (Å²) in [7, 11) is 0. The van der Waals surface area contributed by atoms with E-state index in [4.69, 9.17) is 9.47 Å². The van der Waals surface area contributed by atoms with E-state index in [0.29, 0.717) is 12.2 Å². The molecule has 0 radical (unpaired) electrons. The topological polar surface area (TPSA) is 53.3 Å². The minimum Gasteiger partial charge on any atom is -0.412 e. The van der Waals surface area contributed by atoms with Gasteiger partial charge in [0, 0.05) is 0 Å². The van der Waals surface area contributed by atoms with E-state index < -0.39 is 0 Å². The highest BCUT2D eigenvalue weighted by atomic mass is 16.6. The van der Waals surface area contributed by atoms with Crippen molar-refractivity contribution >= 4 is 0 Å². The molecular formula is C9H18O3. The molecule has 3 heteroatoms. The Morgan fingerprint density at radius 2 is 1.83 bits per heavy atom. The molecule has 12 heavy (non-hydrogen) atoms. The van der Waals surface area contributed by atoms with Crippen molar-refractivity contribution in [3.63, 3.8) is 0 Å². The van der Waals surface area contributed by atoms with Crippen molar-refractivity contribution in [2.45, 2.75) is 44.3 Å². The van der Waals surface area contributed by atoms with E-state index in [1.54, 1.807) is 0 Å². The van der Waals surface area contributed by atoms with Gasteiger partial charge in [0.05, 0.1) is 19.3 Å². The Labute approximate surface area is 73.4 Å². The predicted octanol–water partition coefficient (Wildman–Crippen LogP) is 0.910. The summed E-state index contributed by atoms with van der Waals surface area (Å²) in [5.41, 5.74) is 0. The lowest BCUT2D eigenvalue weighted by atomic mass is 9.98. The van der Waals surface area contributed by atoms with E-state index in [0.717, 1.165) is 13.2 Å². The van der Waals surface area contributed by atoms with Gasteiger partial charge in [-0.3, -0.25) is 0 Å². The van der Waals surface area contributed by atoms with Gasteiger partial charge in [-0.15, -0.1) is 0 Å². The SMILES string of the molecule is C1CCC(OCC2CO2)CC1.O. The maximum Gasteiger partial charge on any atom is 0.104 e. The first-order valence-electron chi connectivity index (χ1n) is 4.68. The molecule has 2 rings (SSSR count). The predicted molar refractivity (Wildman–Crippen MR) is 46.2 cm³/mol. The zero-order valence-electron chi connectivity index (χ0n) is 7.42. The van der Waals surface area contributed by atoms with Crippen LogP contribution in [0.4, 0.5) is 0 Å². The van der Waals surface area contributed by atoms with Crippen LogP contribution < -0.4 is 0 Å². The molecule has 0 aromatic rings. The van der Waals surface area contributed by atoms with Gasteiger partial charge in [0.1, 0.15) is 6.10 Å². The molecule has 1 heterocycles. The highest BCUT2D eigenvalue weighted by Gasteiger charge is 2.24. The lowest BCUT2D eigenvalue weighted by Gasteiger charge is -2.21. The Hall–Kier alpha value is -0.120. The quantitative estimate of drug-likeness (QED) is 0.597. The monoisotopic (exact) mass is 174 g/mol. The van der Waals surface area contributed by atoms with Gasteiger partial charge in [-0.1, -0.05) is 19.3 Å². The van der Waals surface area contributed by atoms with Crippen LogP contribution in [0, 0.1) is 0 Å². The van der Waals surface area contributed by atoms with Crippen molar-refractivity contribution in [3.8, 4) is 0 Å². The molecule has 0 spiro atoms. The van der Waals surface area contributed by atoms with Crippen molar-refractivity contribution in [2.24, 2.45) is 0 Å². The van der Waals surface area contributed by atoms with Crippen LogP contribution in [0.5, 0.6) is 0 Å². The first kappa shape index (κ1) is 9.96. The molecule has 1 saturated heterocycles. The molecule has 0 bridgehead atoms. The molecular weight excluding hydrogens is 156 g/mol. The fourth-order valence-corrected chi connectivity index (χ4v) is 1.64. The number of hydrogen-bond acceptors (Lipinski definition) is 2. The largest absolute Gasteiger partial charge is 0.412 e. The van der Waals surface area contributed by atoms with Crippen LogP contribution >= 0.6 is 0 Å². The third-order valence-electron chi connectivity index (χ3n) is 2.47. The zero-order valence-corrected chi connectivity index (χ0v) is 7.42. The summed E-state index contributed by atoms with van der Waals surface area (Å²) >= 11 is 0. The summed E-state index contributed by atoms with van der Waals surface area (Å²) in [5.74, 6) is 0. The first-order valence-corrected chi connectivity index (χ1v) is 4.68. The van der Waals surface area contributed by atoms with E-state index >= 15 is 0 Å². The van der Waals surface area contributed by atoms with Crippen molar-refractivity contribution < 1.29 is 14.9 Å². The summed E-state index contributed by atoms with van der Waals surface area (Å²) in [6, 6.07) is 0. The van der Waals surface area contributed by atoms with Gasteiger partial charge in [-0.2, -0.15) is 0 Å². The third kappa shape index (κ3) is 3.09. The number of rotatable bonds is 3. The first-order chi connectivity index (χ1) is 5.45. The molecule has 72 valence electrons. The highest BCUT2D eigenvalue weighted by molar-refractivity contribution is 4.71. The van der Waals surface area contributed by atoms with Crippen molar-refractivity contribution in [1.82, 2.24) is 0 Å². The van der Waals surface area contributed by atoms with Gasteiger partial charge in [-0.05, 0) is 12.8 Å². The number of ether oxygens (including phenoxy) is 2. The molecule has 0 amide bonds. The normalized spacial score (nSPS) is 29.5. The van der Waals surface area contributed by atoms with E-state index in [1.165, 1.54) is 32.1 Å². The van der Waals surface area contributed by atoms with Gasteiger partial charge in [0.2, 0.25) is 0 Å². The van der Waals surface area contributed by atoms with Gasteiger partial charge in [0.15, 0.2) is 0 Å². The van der Waals surface area contributed by atoms with Gasteiger partial charge < -0.3 is 14.9 Å². The van der Waals surface area contributed by atoms with Gasteiger partial charge in [-0.25, -0.2) is 0 Å². The standard InChI is InChI=1S/C9H16O2.H2O/c1-2-4-8(5-3-1)10-6-9-7-11-9;/h8-9H,1-7H2;1H2. The summed E-state index contributed by atoms with van der Waals surface area (Å²) in [6.07, 6.45) is 7.65. The fourth-order valence-electron chi connectivity index (χ4n) is 1.64. The van der Waals surface area contributed by atoms with Crippen LogP contribution in [0.2, 0.25) is 0 Å². The summed E-state index contributed by atoms with van der Waals surface area (Å²) in [5, 5.41) is 0. The van der Waals surface area contributed by atoms with E-state index in [-0.39, 0.29) is 5.48 Å². The highest BCUT2D eigenvalue weighted by Crippen LogP contribution is 2.21. The molecule has 0 aromatic carbocycles.